The molecule has 0 saturated heterocycles. The van der Waals surface area contributed by atoms with Crippen LogP contribution in [0.5, 0.6) is 0 Å². The van der Waals surface area contributed by atoms with E-state index >= 15 is 0 Å². The monoisotopic (exact) mass is 223 g/mol. The first-order valence-electron chi connectivity index (χ1n) is 5.25. The number of rotatable bonds is 5. The van der Waals surface area contributed by atoms with Gasteiger partial charge in [-0.3, -0.25) is 0 Å². The number of anilines is 1. The maximum atomic E-state index is 10.9. The van der Waals surface area contributed by atoms with Crippen molar-refractivity contribution in [3.05, 3.63) is 17.8 Å². The molecule has 1 aromatic rings. The normalized spacial score (nSPS) is 11.2. The Bertz CT molecular complexity index is 377. The molecule has 0 aliphatic heterocycles. The number of aromatic carboxylic acids is 1. The molecule has 0 aliphatic carbocycles. The lowest BCUT2D eigenvalue weighted by Crippen LogP contribution is -2.23. The third-order valence-corrected chi connectivity index (χ3v) is 2.64. The van der Waals surface area contributed by atoms with Gasteiger partial charge in [0.2, 0.25) is 0 Å². The van der Waals surface area contributed by atoms with Gasteiger partial charge in [-0.25, -0.2) is 4.79 Å². The number of nitrogens with one attached hydrogen (secondary N) is 1. The van der Waals surface area contributed by atoms with Gasteiger partial charge in [0.25, 0.3) is 0 Å². The summed E-state index contributed by atoms with van der Waals surface area (Å²) in [6.45, 7) is 6.98. The average molecular weight is 223 g/mol. The molecule has 0 bridgehead atoms. The van der Waals surface area contributed by atoms with Gasteiger partial charge in [0.15, 0.2) is 5.82 Å². The molecule has 16 heavy (non-hydrogen) atoms. The highest BCUT2D eigenvalue weighted by molar-refractivity contribution is 5.92. The molecule has 0 atom stereocenters. The number of nitrogens with zero attached hydrogens (tertiary/aromatic N) is 2. The number of aromatic nitrogens is 2. The van der Waals surface area contributed by atoms with Crippen LogP contribution in [0.2, 0.25) is 0 Å². The van der Waals surface area contributed by atoms with Crippen molar-refractivity contribution in [2.75, 3.05) is 11.9 Å². The Morgan fingerprint density at radius 2 is 2.25 bits per heavy atom. The third-order valence-electron chi connectivity index (χ3n) is 2.64. The Morgan fingerprint density at radius 3 is 2.81 bits per heavy atom. The second-order valence-corrected chi connectivity index (χ2v) is 4.47. The molecule has 0 spiro atoms. The van der Waals surface area contributed by atoms with Crippen LogP contribution in [-0.2, 0) is 0 Å². The smallest absolute Gasteiger partial charge is 0.339 e. The topological polar surface area (TPSA) is 75.1 Å². The maximum absolute atomic E-state index is 10.9. The third kappa shape index (κ3) is 3.18. The van der Waals surface area contributed by atoms with E-state index in [-0.39, 0.29) is 11.0 Å². The fourth-order valence-corrected chi connectivity index (χ4v) is 1.08. The largest absolute Gasteiger partial charge is 0.478 e. The minimum absolute atomic E-state index is 0.104. The predicted molar refractivity (Wildman–Crippen MR) is 61.6 cm³/mol. The summed E-state index contributed by atoms with van der Waals surface area (Å²) >= 11 is 0. The minimum atomic E-state index is -0.994. The first-order valence-corrected chi connectivity index (χ1v) is 5.25. The van der Waals surface area contributed by atoms with Gasteiger partial charge in [0.05, 0.1) is 6.20 Å². The SMILES string of the molecule is CCC(C)(C)CNc1nnccc1C(=O)O. The van der Waals surface area contributed by atoms with Crippen molar-refractivity contribution < 1.29 is 9.90 Å². The van der Waals surface area contributed by atoms with Gasteiger partial charge in [0, 0.05) is 6.54 Å². The lowest BCUT2D eigenvalue weighted by molar-refractivity contribution is 0.0697. The van der Waals surface area contributed by atoms with Gasteiger partial charge >= 0.3 is 5.97 Å². The predicted octanol–water partition coefficient (Wildman–Crippen LogP) is 2.02. The number of carboxylic acid groups (broad SMARTS) is 1. The molecule has 88 valence electrons. The zero-order valence-electron chi connectivity index (χ0n) is 9.82. The standard InChI is InChI=1S/C11H17N3O2/c1-4-11(2,3)7-12-9-8(10(15)16)5-6-13-14-9/h5-6H,4,7H2,1-3H3,(H,12,14)(H,15,16). The van der Waals surface area contributed by atoms with E-state index in [0.717, 1.165) is 6.42 Å². The van der Waals surface area contributed by atoms with E-state index in [9.17, 15) is 4.79 Å². The quantitative estimate of drug-likeness (QED) is 0.798. The Balaban J connectivity index is 2.78. The number of hydrogen-bond donors (Lipinski definition) is 2. The van der Waals surface area contributed by atoms with Crippen LogP contribution < -0.4 is 5.32 Å². The van der Waals surface area contributed by atoms with Crippen LogP contribution >= 0.6 is 0 Å². The van der Waals surface area contributed by atoms with Crippen LogP contribution in [0.1, 0.15) is 37.6 Å². The molecule has 1 heterocycles. The van der Waals surface area contributed by atoms with Crippen molar-refractivity contribution >= 4 is 11.8 Å². The van der Waals surface area contributed by atoms with E-state index in [1.54, 1.807) is 0 Å². The average Bonchev–Trinajstić information content (AvgIpc) is 2.27. The summed E-state index contributed by atoms with van der Waals surface area (Å²) in [4.78, 5) is 10.9. The van der Waals surface area contributed by atoms with Crippen molar-refractivity contribution in [3.63, 3.8) is 0 Å². The van der Waals surface area contributed by atoms with E-state index in [1.807, 2.05) is 0 Å². The number of hydrogen-bond acceptors (Lipinski definition) is 4. The van der Waals surface area contributed by atoms with E-state index in [1.165, 1.54) is 12.3 Å². The van der Waals surface area contributed by atoms with Crippen molar-refractivity contribution in [3.8, 4) is 0 Å². The van der Waals surface area contributed by atoms with Crippen LogP contribution in [-0.4, -0.2) is 27.8 Å². The Labute approximate surface area is 94.9 Å². The van der Waals surface area contributed by atoms with Gasteiger partial charge in [-0.05, 0) is 17.9 Å². The maximum Gasteiger partial charge on any atom is 0.339 e. The zero-order valence-corrected chi connectivity index (χ0v) is 9.82. The molecule has 5 heteroatoms. The molecule has 0 unspecified atom stereocenters. The van der Waals surface area contributed by atoms with E-state index in [0.29, 0.717) is 12.4 Å². The van der Waals surface area contributed by atoms with Crippen LogP contribution in [0.4, 0.5) is 5.82 Å². The molecule has 5 nitrogen and oxygen atoms in total. The van der Waals surface area contributed by atoms with Gasteiger partial charge in [-0.1, -0.05) is 20.8 Å². The fourth-order valence-electron chi connectivity index (χ4n) is 1.08. The van der Waals surface area contributed by atoms with Gasteiger partial charge in [0.1, 0.15) is 5.56 Å². The highest BCUT2D eigenvalue weighted by Gasteiger charge is 2.17. The van der Waals surface area contributed by atoms with E-state index < -0.39 is 5.97 Å². The molecule has 0 aliphatic rings. The summed E-state index contributed by atoms with van der Waals surface area (Å²) in [5.74, 6) is -0.664. The molecule has 0 radical (unpaired) electrons. The van der Waals surface area contributed by atoms with Crippen LogP contribution in [0, 0.1) is 5.41 Å². The Hall–Kier alpha value is -1.65. The second kappa shape index (κ2) is 4.92. The van der Waals surface area contributed by atoms with Crippen molar-refractivity contribution in [1.82, 2.24) is 10.2 Å². The van der Waals surface area contributed by atoms with Crippen molar-refractivity contribution in [2.45, 2.75) is 27.2 Å². The van der Waals surface area contributed by atoms with E-state index in [2.05, 4.69) is 36.3 Å². The Kier molecular flexibility index (Phi) is 3.82. The molecule has 1 aromatic heterocycles. The Morgan fingerprint density at radius 1 is 1.56 bits per heavy atom. The van der Waals surface area contributed by atoms with Crippen LogP contribution in [0.15, 0.2) is 12.3 Å². The molecule has 2 N–H and O–H groups in total. The summed E-state index contributed by atoms with van der Waals surface area (Å²) in [6.07, 6.45) is 2.38. The molecule has 0 fully saturated rings. The summed E-state index contributed by atoms with van der Waals surface area (Å²) < 4.78 is 0. The van der Waals surface area contributed by atoms with Crippen molar-refractivity contribution in [2.24, 2.45) is 5.41 Å². The highest BCUT2D eigenvalue weighted by Crippen LogP contribution is 2.20. The van der Waals surface area contributed by atoms with E-state index in [4.69, 9.17) is 5.11 Å². The zero-order chi connectivity index (χ0) is 12.2. The van der Waals surface area contributed by atoms with Crippen LogP contribution in [0.3, 0.4) is 0 Å². The summed E-state index contributed by atoms with van der Waals surface area (Å²) in [7, 11) is 0. The van der Waals surface area contributed by atoms with Crippen molar-refractivity contribution in [1.29, 1.82) is 0 Å². The lowest BCUT2D eigenvalue weighted by atomic mass is 9.90. The molecule has 1 rings (SSSR count). The van der Waals surface area contributed by atoms with Gasteiger partial charge < -0.3 is 10.4 Å². The summed E-state index contributed by atoms with van der Waals surface area (Å²) in [5, 5.41) is 19.4. The molecular formula is C11H17N3O2. The fraction of sp³-hybridized carbons (Fsp3) is 0.545. The van der Waals surface area contributed by atoms with Gasteiger partial charge in [-0.2, -0.15) is 5.10 Å². The minimum Gasteiger partial charge on any atom is -0.478 e. The van der Waals surface area contributed by atoms with Gasteiger partial charge in [-0.15, -0.1) is 5.10 Å². The summed E-state index contributed by atoms with van der Waals surface area (Å²) in [5.41, 5.74) is 0.259. The molecule has 0 saturated carbocycles. The lowest BCUT2D eigenvalue weighted by Gasteiger charge is -2.23. The summed E-state index contributed by atoms with van der Waals surface area (Å²) in [6, 6.07) is 1.44. The number of carboxylic acids is 1. The molecule has 0 aromatic carbocycles. The van der Waals surface area contributed by atoms with Crippen LogP contribution in [0.25, 0.3) is 0 Å². The first-order chi connectivity index (χ1) is 7.46. The highest BCUT2D eigenvalue weighted by atomic mass is 16.4. The molecule has 0 amide bonds. The first kappa shape index (κ1) is 12.4. The second-order valence-electron chi connectivity index (χ2n) is 4.47. The number of carbonyl (C=O) groups is 1. The molecular weight excluding hydrogens is 206 g/mol.